The fourth-order valence-corrected chi connectivity index (χ4v) is 3.81. The molecule has 2 amide bonds. The first kappa shape index (κ1) is 24.3. The van der Waals surface area contributed by atoms with Gasteiger partial charge in [-0.3, -0.25) is 13.9 Å². The van der Waals surface area contributed by atoms with Gasteiger partial charge in [0.25, 0.3) is 5.91 Å². The van der Waals surface area contributed by atoms with Gasteiger partial charge in [-0.05, 0) is 44.5 Å². The number of carbonyl (C=O) groups excluding carboxylic acids is 2. The van der Waals surface area contributed by atoms with E-state index in [0.717, 1.165) is 28.8 Å². The van der Waals surface area contributed by atoms with Crippen LogP contribution in [0.1, 0.15) is 37.0 Å². The average Bonchev–Trinajstić information content (AvgIpc) is 2.66. The number of hydrogen-bond donors (Lipinski definition) is 2. The van der Waals surface area contributed by atoms with Crippen LogP contribution < -0.4 is 14.9 Å². The molecule has 0 aromatic heterocycles. The maximum Gasteiger partial charge on any atom is 0.253 e. The van der Waals surface area contributed by atoms with Gasteiger partial charge in [0.1, 0.15) is 0 Å². The van der Waals surface area contributed by atoms with Crippen LogP contribution >= 0.6 is 0 Å². The summed E-state index contributed by atoms with van der Waals surface area (Å²) in [7, 11) is -3.77. The summed E-state index contributed by atoms with van der Waals surface area (Å²) in [6, 6.07) is 9.25. The Labute approximate surface area is 180 Å². The molecule has 168 valence electrons. The molecular formula is C21H25F2N3O4S. The number of amides is 2. The molecule has 0 spiro atoms. The Morgan fingerprint density at radius 3 is 2.35 bits per heavy atom. The molecule has 0 atom stereocenters. The lowest BCUT2D eigenvalue weighted by Crippen LogP contribution is -2.32. The number of halogens is 2. The number of nitrogens with one attached hydrogen (secondary N) is 2. The number of rotatable bonds is 9. The topological polar surface area (TPSA) is 95.6 Å². The zero-order valence-corrected chi connectivity index (χ0v) is 18.3. The minimum absolute atomic E-state index is 0.0301. The number of sulfonamides is 1. The second-order valence-electron chi connectivity index (χ2n) is 7.26. The van der Waals surface area contributed by atoms with Gasteiger partial charge in [-0.1, -0.05) is 12.1 Å². The highest BCUT2D eigenvalue weighted by Crippen LogP contribution is 2.21. The fraction of sp³-hybridized carbons (Fsp3) is 0.333. The second kappa shape index (κ2) is 10.3. The number of benzene rings is 2. The molecule has 10 heteroatoms. The highest BCUT2D eigenvalue weighted by atomic mass is 32.2. The van der Waals surface area contributed by atoms with Gasteiger partial charge in [0.15, 0.2) is 11.6 Å². The maximum absolute atomic E-state index is 13.5. The van der Waals surface area contributed by atoms with Gasteiger partial charge >= 0.3 is 0 Å². The predicted octanol–water partition coefficient (Wildman–Crippen LogP) is 3.29. The van der Waals surface area contributed by atoms with Gasteiger partial charge in [-0.15, -0.1) is 0 Å². The van der Waals surface area contributed by atoms with Crippen molar-refractivity contribution in [3.63, 3.8) is 0 Å². The lowest BCUT2D eigenvalue weighted by molar-refractivity contribution is -0.116. The van der Waals surface area contributed by atoms with Crippen molar-refractivity contribution in [2.45, 2.75) is 32.7 Å². The first-order chi connectivity index (χ1) is 14.5. The average molecular weight is 454 g/mol. The quantitative estimate of drug-likeness (QED) is 0.609. The van der Waals surface area contributed by atoms with Gasteiger partial charge in [0, 0.05) is 25.1 Å². The van der Waals surface area contributed by atoms with Crippen molar-refractivity contribution in [1.82, 2.24) is 5.32 Å². The van der Waals surface area contributed by atoms with Gasteiger partial charge in [0.05, 0.1) is 23.2 Å². The molecule has 2 rings (SSSR count). The predicted molar refractivity (Wildman–Crippen MR) is 115 cm³/mol. The van der Waals surface area contributed by atoms with Crippen molar-refractivity contribution in [3.05, 3.63) is 59.7 Å². The first-order valence-corrected chi connectivity index (χ1v) is 11.5. The molecular weight excluding hydrogens is 428 g/mol. The van der Waals surface area contributed by atoms with Gasteiger partial charge in [-0.25, -0.2) is 17.2 Å². The van der Waals surface area contributed by atoms with Crippen LogP contribution in [0.15, 0.2) is 42.5 Å². The molecule has 0 bridgehead atoms. The fourth-order valence-electron chi connectivity index (χ4n) is 2.85. The monoisotopic (exact) mass is 453 g/mol. The highest BCUT2D eigenvalue weighted by molar-refractivity contribution is 7.92. The molecule has 0 heterocycles. The Hall–Kier alpha value is -3.01. The van der Waals surface area contributed by atoms with E-state index in [2.05, 4.69) is 10.6 Å². The minimum atomic E-state index is -3.77. The molecule has 0 aliphatic carbocycles. The molecule has 2 aromatic carbocycles. The Kier molecular flexibility index (Phi) is 8.09. The summed E-state index contributed by atoms with van der Waals surface area (Å²) in [6.07, 6.45) is 1.02. The minimum Gasteiger partial charge on any atom is -0.350 e. The van der Waals surface area contributed by atoms with Crippen molar-refractivity contribution in [2.75, 3.05) is 22.4 Å². The normalized spacial score (nSPS) is 11.3. The van der Waals surface area contributed by atoms with E-state index in [9.17, 15) is 26.8 Å². The molecule has 0 aliphatic rings. The van der Waals surface area contributed by atoms with E-state index in [-0.39, 0.29) is 37.0 Å². The Balaban J connectivity index is 2.04. The zero-order valence-electron chi connectivity index (χ0n) is 17.5. The van der Waals surface area contributed by atoms with E-state index >= 15 is 0 Å². The molecule has 0 aliphatic heterocycles. The summed E-state index contributed by atoms with van der Waals surface area (Å²) in [5.41, 5.74) is 0.618. The molecule has 0 fully saturated rings. The number of carbonyl (C=O) groups is 2. The van der Waals surface area contributed by atoms with Gasteiger partial charge in [-0.2, -0.15) is 0 Å². The summed E-state index contributed by atoms with van der Waals surface area (Å²) in [5.74, 6) is -2.99. The highest BCUT2D eigenvalue weighted by Gasteiger charge is 2.20. The molecule has 2 N–H and O–H groups in total. The van der Waals surface area contributed by atoms with Crippen LogP contribution in [0.4, 0.5) is 20.2 Å². The van der Waals surface area contributed by atoms with Crippen LogP contribution in [0.2, 0.25) is 0 Å². The summed E-state index contributed by atoms with van der Waals surface area (Å²) in [4.78, 5) is 24.6. The Morgan fingerprint density at radius 2 is 1.74 bits per heavy atom. The lowest BCUT2D eigenvalue weighted by atomic mass is 10.1. The molecule has 0 radical (unpaired) electrons. The number of anilines is 2. The van der Waals surface area contributed by atoms with Crippen molar-refractivity contribution in [2.24, 2.45) is 0 Å². The van der Waals surface area contributed by atoms with E-state index in [0.29, 0.717) is 11.3 Å². The lowest BCUT2D eigenvalue weighted by Gasteiger charge is -2.22. The van der Waals surface area contributed by atoms with E-state index in [4.69, 9.17) is 0 Å². The zero-order chi connectivity index (χ0) is 23.2. The van der Waals surface area contributed by atoms with Crippen molar-refractivity contribution >= 4 is 33.2 Å². The Bertz CT molecular complexity index is 1060. The van der Waals surface area contributed by atoms with Crippen LogP contribution in [0.3, 0.4) is 0 Å². The van der Waals surface area contributed by atoms with Crippen LogP contribution in [-0.2, 0) is 14.8 Å². The van der Waals surface area contributed by atoms with Crippen LogP contribution in [0, 0.1) is 11.6 Å². The van der Waals surface area contributed by atoms with Gasteiger partial charge < -0.3 is 10.6 Å². The van der Waals surface area contributed by atoms with Crippen molar-refractivity contribution in [3.8, 4) is 0 Å². The number of para-hydroxylation sites is 1. The number of hydrogen-bond acceptors (Lipinski definition) is 4. The summed E-state index contributed by atoms with van der Waals surface area (Å²) < 4.78 is 51.7. The molecule has 0 saturated carbocycles. The van der Waals surface area contributed by atoms with E-state index < -0.39 is 27.6 Å². The van der Waals surface area contributed by atoms with Crippen LogP contribution in [-0.4, -0.2) is 39.1 Å². The van der Waals surface area contributed by atoms with Crippen LogP contribution in [0.25, 0.3) is 0 Å². The smallest absolute Gasteiger partial charge is 0.253 e. The van der Waals surface area contributed by atoms with Crippen LogP contribution in [0.5, 0.6) is 0 Å². The summed E-state index contributed by atoms with van der Waals surface area (Å²) >= 11 is 0. The van der Waals surface area contributed by atoms with E-state index in [1.165, 1.54) is 0 Å². The standard InChI is InChI=1S/C21H25F2N3O4S/c1-14(2)24-21(28)16-7-4-5-8-19(16)25-20(27)9-6-12-26(31(3,29)30)15-10-11-17(22)18(23)13-15/h4-5,7-8,10-11,13-14H,6,9,12H2,1-3H3,(H,24,28)(H,25,27). The largest absolute Gasteiger partial charge is 0.350 e. The summed E-state index contributed by atoms with van der Waals surface area (Å²) in [5, 5.41) is 5.41. The van der Waals surface area contributed by atoms with Gasteiger partial charge in [0.2, 0.25) is 15.9 Å². The molecule has 2 aromatic rings. The third-order valence-corrected chi connectivity index (χ3v) is 5.42. The molecule has 31 heavy (non-hydrogen) atoms. The van der Waals surface area contributed by atoms with E-state index in [1.807, 2.05) is 13.8 Å². The maximum atomic E-state index is 13.5. The van der Waals surface area contributed by atoms with Crippen molar-refractivity contribution in [1.29, 1.82) is 0 Å². The van der Waals surface area contributed by atoms with E-state index in [1.54, 1.807) is 24.3 Å². The number of nitrogens with zero attached hydrogens (tertiary/aromatic N) is 1. The summed E-state index contributed by atoms with van der Waals surface area (Å²) in [6.45, 7) is 3.53. The first-order valence-electron chi connectivity index (χ1n) is 9.61. The molecule has 0 unspecified atom stereocenters. The third-order valence-electron chi connectivity index (χ3n) is 4.22. The second-order valence-corrected chi connectivity index (χ2v) is 9.17. The SMILES string of the molecule is CC(C)NC(=O)c1ccccc1NC(=O)CCCN(c1ccc(F)c(F)c1)S(C)(=O)=O. The van der Waals surface area contributed by atoms with Crippen molar-refractivity contribution < 1.29 is 26.8 Å². The molecule has 7 nitrogen and oxygen atoms in total. The third kappa shape index (κ3) is 7.02. The Morgan fingerprint density at radius 1 is 1.06 bits per heavy atom. The molecule has 0 saturated heterocycles.